The summed E-state index contributed by atoms with van der Waals surface area (Å²) in [6.45, 7) is 4.28. The van der Waals surface area contributed by atoms with Crippen molar-refractivity contribution >= 4 is 5.91 Å². The summed E-state index contributed by atoms with van der Waals surface area (Å²) in [6.07, 6.45) is 2.62. The molecule has 1 saturated heterocycles. The smallest absolute Gasteiger partial charge is 0.258 e. The molecule has 4 nitrogen and oxygen atoms in total. The zero-order valence-corrected chi connectivity index (χ0v) is 14.0. The molecule has 0 aromatic heterocycles. The summed E-state index contributed by atoms with van der Waals surface area (Å²) in [6, 6.07) is 18.0. The number of ether oxygens (including phenoxy) is 1. The third-order valence-corrected chi connectivity index (χ3v) is 4.44. The number of amides is 1. The van der Waals surface area contributed by atoms with Crippen molar-refractivity contribution in [1.82, 2.24) is 5.32 Å². The number of nitrogens with one attached hydrogen (secondary N) is 2. The minimum absolute atomic E-state index is 0.0549. The molecule has 126 valence electrons. The Morgan fingerprint density at radius 3 is 2.33 bits per heavy atom. The SMILES string of the molecule is O=C(COc1ccc(-c2ccccc2)cc1)NCC[NH+]1CCCC1. The summed E-state index contributed by atoms with van der Waals surface area (Å²) in [5.74, 6) is 0.663. The maximum absolute atomic E-state index is 11.8. The van der Waals surface area contributed by atoms with Crippen molar-refractivity contribution in [2.75, 3.05) is 32.8 Å². The van der Waals surface area contributed by atoms with E-state index >= 15 is 0 Å². The highest BCUT2D eigenvalue weighted by molar-refractivity contribution is 5.77. The van der Waals surface area contributed by atoms with Crippen molar-refractivity contribution in [2.45, 2.75) is 12.8 Å². The zero-order chi connectivity index (χ0) is 16.6. The quantitative estimate of drug-likeness (QED) is 0.811. The van der Waals surface area contributed by atoms with Gasteiger partial charge in [0.15, 0.2) is 6.61 Å². The van der Waals surface area contributed by atoms with Crippen LogP contribution in [0.5, 0.6) is 5.75 Å². The highest BCUT2D eigenvalue weighted by atomic mass is 16.5. The van der Waals surface area contributed by atoms with E-state index < -0.39 is 0 Å². The van der Waals surface area contributed by atoms with Crippen LogP contribution in [0.15, 0.2) is 54.6 Å². The summed E-state index contributed by atoms with van der Waals surface area (Å²) in [5.41, 5.74) is 2.31. The van der Waals surface area contributed by atoms with Crippen LogP contribution in [0.3, 0.4) is 0 Å². The van der Waals surface area contributed by atoms with Crippen LogP contribution >= 0.6 is 0 Å². The maximum atomic E-state index is 11.8. The molecular formula is C20H25N2O2+. The topological polar surface area (TPSA) is 42.8 Å². The largest absolute Gasteiger partial charge is 0.484 e. The monoisotopic (exact) mass is 325 g/mol. The average molecular weight is 325 g/mol. The fraction of sp³-hybridized carbons (Fsp3) is 0.350. The lowest BCUT2D eigenvalue weighted by molar-refractivity contribution is -0.886. The Kier molecular flexibility index (Phi) is 5.85. The van der Waals surface area contributed by atoms with Crippen LogP contribution in [0, 0.1) is 0 Å². The number of rotatable bonds is 7. The standard InChI is InChI=1S/C20H24N2O2/c23-20(21-12-15-22-13-4-5-14-22)16-24-19-10-8-18(9-11-19)17-6-2-1-3-7-17/h1-3,6-11H,4-5,12-16H2,(H,21,23)/p+1. The Labute approximate surface area is 143 Å². The van der Waals surface area contributed by atoms with Crippen LogP contribution in [0.1, 0.15) is 12.8 Å². The molecule has 0 atom stereocenters. The lowest BCUT2D eigenvalue weighted by atomic mass is 10.1. The number of carbonyl (C=O) groups is 1. The second kappa shape index (κ2) is 8.50. The van der Waals surface area contributed by atoms with Crippen LogP contribution in [0.2, 0.25) is 0 Å². The number of quaternary nitrogens is 1. The Morgan fingerprint density at radius 1 is 0.958 bits per heavy atom. The number of hydrogen-bond donors (Lipinski definition) is 2. The van der Waals surface area contributed by atoms with Gasteiger partial charge >= 0.3 is 0 Å². The van der Waals surface area contributed by atoms with Crippen molar-refractivity contribution in [3.63, 3.8) is 0 Å². The molecule has 0 spiro atoms. The van der Waals surface area contributed by atoms with Gasteiger partial charge in [-0.05, 0) is 23.3 Å². The number of carbonyl (C=O) groups excluding carboxylic acids is 1. The Hall–Kier alpha value is -2.33. The van der Waals surface area contributed by atoms with E-state index in [9.17, 15) is 4.79 Å². The third-order valence-electron chi connectivity index (χ3n) is 4.44. The maximum Gasteiger partial charge on any atom is 0.258 e. The van der Waals surface area contributed by atoms with E-state index in [0.717, 1.165) is 24.4 Å². The summed E-state index contributed by atoms with van der Waals surface area (Å²) >= 11 is 0. The lowest BCUT2D eigenvalue weighted by Crippen LogP contribution is -3.10. The molecule has 3 rings (SSSR count). The minimum atomic E-state index is -0.0549. The van der Waals surface area contributed by atoms with Gasteiger partial charge in [-0.15, -0.1) is 0 Å². The summed E-state index contributed by atoms with van der Waals surface area (Å²) in [4.78, 5) is 13.4. The number of hydrogen-bond acceptors (Lipinski definition) is 2. The summed E-state index contributed by atoms with van der Waals surface area (Å²) in [7, 11) is 0. The van der Waals surface area contributed by atoms with E-state index in [0.29, 0.717) is 0 Å². The first kappa shape index (κ1) is 16.5. The van der Waals surface area contributed by atoms with Gasteiger partial charge in [-0.1, -0.05) is 42.5 Å². The van der Waals surface area contributed by atoms with Crippen molar-refractivity contribution in [3.05, 3.63) is 54.6 Å². The first-order valence-electron chi connectivity index (χ1n) is 8.70. The first-order chi connectivity index (χ1) is 11.8. The molecule has 1 amide bonds. The predicted molar refractivity (Wildman–Crippen MR) is 95.2 cm³/mol. The molecule has 1 aliphatic rings. The average Bonchev–Trinajstić information content (AvgIpc) is 3.15. The molecule has 0 unspecified atom stereocenters. The van der Waals surface area contributed by atoms with Crippen LogP contribution < -0.4 is 15.0 Å². The van der Waals surface area contributed by atoms with Crippen molar-refractivity contribution < 1.29 is 14.4 Å². The van der Waals surface area contributed by atoms with Gasteiger partial charge < -0.3 is 15.0 Å². The van der Waals surface area contributed by atoms with Gasteiger partial charge in [0.25, 0.3) is 5.91 Å². The second-order valence-electron chi connectivity index (χ2n) is 6.24. The molecule has 0 aliphatic carbocycles. The summed E-state index contributed by atoms with van der Waals surface area (Å²) < 4.78 is 5.56. The molecule has 2 aromatic rings. The van der Waals surface area contributed by atoms with E-state index in [1.54, 1.807) is 4.90 Å². The molecule has 0 bridgehead atoms. The highest BCUT2D eigenvalue weighted by Crippen LogP contribution is 2.21. The fourth-order valence-electron chi connectivity index (χ4n) is 3.08. The zero-order valence-electron chi connectivity index (χ0n) is 14.0. The van der Waals surface area contributed by atoms with E-state index in [4.69, 9.17) is 4.74 Å². The molecular weight excluding hydrogens is 300 g/mol. The molecule has 1 heterocycles. The molecule has 1 fully saturated rings. The van der Waals surface area contributed by atoms with Gasteiger partial charge in [-0.3, -0.25) is 4.79 Å². The van der Waals surface area contributed by atoms with Crippen molar-refractivity contribution in [1.29, 1.82) is 0 Å². The Morgan fingerprint density at radius 2 is 1.62 bits per heavy atom. The van der Waals surface area contributed by atoms with E-state index in [1.807, 2.05) is 42.5 Å². The Bertz CT molecular complexity index is 634. The van der Waals surface area contributed by atoms with E-state index in [2.05, 4.69) is 17.4 Å². The third kappa shape index (κ3) is 4.83. The van der Waals surface area contributed by atoms with Crippen LogP contribution in [-0.4, -0.2) is 38.7 Å². The van der Waals surface area contributed by atoms with Crippen LogP contribution in [-0.2, 0) is 4.79 Å². The normalized spacial score (nSPS) is 14.5. The molecule has 2 aromatic carbocycles. The predicted octanol–water partition coefficient (Wildman–Crippen LogP) is 1.53. The fourth-order valence-corrected chi connectivity index (χ4v) is 3.08. The van der Waals surface area contributed by atoms with Gasteiger partial charge in [-0.25, -0.2) is 0 Å². The minimum Gasteiger partial charge on any atom is -0.484 e. The number of benzene rings is 2. The Balaban J connectivity index is 1.40. The van der Waals surface area contributed by atoms with Crippen molar-refractivity contribution in [3.8, 4) is 16.9 Å². The van der Waals surface area contributed by atoms with Crippen LogP contribution in [0.4, 0.5) is 0 Å². The lowest BCUT2D eigenvalue weighted by Gasteiger charge is -2.12. The van der Waals surface area contributed by atoms with E-state index in [-0.39, 0.29) is 12.5 Å². The molecule has 1 aliphatic heterocycles. The van der Waals surface area contributed by atoms with Crippen molar-refractivity contribution in [2.24, 2.45) is 0 Å². The molecule has 24 heavy (non-hydrogen) atoms. The molecule has 0 saturated carbocycles. The highest BCUT2D eigenvalue weighted by Gasteiger charge is 2.14. The molecule has 4 heteroatoms. The van der Waals surface area contributed by atoms with Gasteiger partial charge in [-0.2, -0.15) is 0 Å². The van der Waals surface area contributed by atoms with E-state index in [1.165, 1.54) is 31.5 Å². The molecule has 0 radical (unpaired) electrons. The first-order valence-corrected chi connectivity index (χ1v) is 8.70. The van der Waals surface area contributed by atoms with Gasteiger partial charge in [0.2, 0.25) is 0 Å². The van der Waals surface area contributed by atoms with Gasteiger partial charge in [0.05, 0.1) is 26.2 Å². The van der Waals surface area contributed by atoms with Gasteiger partial charge in [0.1, 0.15) is 5.75 Å². The summed E-state index contributed by atoms with van der Waals surface area (Å²) in [5, 5.41) is 2.93. The second-order valence-corrected chi connectivity index (χ2v) is 6.24. The molecule has 2 N–H and O–H groups in total. The van der Waals surface area contributed by atoms with Crippen LogP contribution in [0.25, 0.3) is 11.1 Å². The van der Waals surface area contributed by atoms with Gasteiger partial charge in [0, 0.05) is 12.8 Å². The number of likely N-dealkylation sites (tertiary alicyclic amines) is 1.